The number of hydrogen-bond donors (Lipinski definition) is 0. The van der Waals surface area contributed by atoms with E-state index in [1.807, 2.05) is 36.4 Å². The third kappa shape index (κ3) is 2.96. The van der Waals surface area contributed by atoms with Crippen LogP contribution in [0.4, 0.5) is 0 Å². The maximum atomic E-state index is 13.3. The average molecular weight is 406 g/mol. The quantitative estimate of drug-likeness (QED) is 0.471. The second-order valence-electron chi connectivity index (χ2n) is 7.07. The van der Waals surface area contributed by atoms with Crippen molar-refractivity contribution in [3.63, 3.8) is 0 Å². The Kier molecular flexibility index (Phi) is 5.08. The highest BCUT2D eigenvalue weighted by atomic mass is 16.5. The van der Waals surface area contributed by atoms with E-state index in [1.54, 1.807) is 19.2 Å². The molecule has 154 valence electrons. The molecule has 1 aliphatic carbocycles. The van der Waals surface area contributed by atoms with Gasteiger partial charge >= 0.3 is 5.97 Å². The van der Waals surface area contributed by atoms with E-state index in [9.17, 15) is 9.59 Å². The summed E-state index contributed by atoms with van der Waals surface area (Å²) in [6.07, 6.45) is 0. The van der Waals surface area contributed by atoms with Crippen LogP contribution >= 0.6 is 0 Å². The number of methoxy groups -OCH3 is 4. The molecule has 6 heteroatoms. The van der Waals surface area contributed by atoms with Gasteiger partial charge in [0.2, 0.25) is 0 Å². The summed E-state index contributed by atoms with van der Waals surface area (Å²) in [5.74, 6) is -1.01. The summed E-state index contributed by atoms with van der Waals surface area (Å²) in [6.45, 7) is 0. The highest BCUT2D eigenvalue weighted by Crippen LogP contribution is 2.51. The van der Waals surface area contributed by atoms with E-state index in [0.29, 0.717) is 28.4 Å². The SMILES string of the molecule is COC(=O)[C@H]1C(=O)c2cc3ccccc3cc2[C@@H]1c1c(OC)cc(OC)cc1OC. The molecule has 2 atom stereocenters. The molecule has 0 heterocycles. The fourth-order valence-corrected chi connectivity index (χ4v) is 4.26. The first-order chi connectivity index (χ1) is 14.5. The van der Waals surface area contributed by atoms with Crippen LogP contribution in [0.15, 0.2) is 48.5 Å². The van der Waals surface area contributed by atoms with Crippen molar-refractivity contribution < 1.29 is 28.5 Å². The molecule has 0 fully saturated rings. The summed E-state index contributed by atoms with van der Waals surface area (Å²) in [5, 5.41) is 1.91. The Bertz CT molecular complexity index is 1120. The van der Waals surface area contributed by atoms with Gasteiger partial charge in [0.25, 0.3) is 0 Å². The second kappa shape index (κ2) is 7.71. The molecule has 0 saturated carbocycles. The predicted molar refractivity (Wildman–Crippen MR) is 112 cm³/mol. The Morgan fingerprint density at radius 1 is 0.833 bits per heavy atom. The van der Waals surface area contributed by atoms with Crippen molar-refractivity contribution in [2.24, 2.45) is 5.92 Å². The van der Waals surface area contributed by atoms with Gasteiger partial charge in [-0.25, -0.2) is 0 Å². The Morgan fingerprint density at radius 3 is 1.97 bits per heavy atom. The lowest BCUT2D eigenvalue weighted by atomic mass is 9.84. The van der Waals surface area contributed by atoms with Gasteiger partial charge in [-0.2, -0.15) is 0 Å². The number of benzene rings is 3. The summed E-state index contributed by atoms with van der Waals surface area (Å²) in [7, 11) is 5.90. The smallest absolute Gasteiger partial charge is 0.317 e. The number of ketones is 1. The number of carbonyl (C=O) groups excluding carboxylic acids is 2. The van der Waals surface area contributed by atoms with Gasteiger partial charge in [-0.05, 0) is 28.5 Å². The van der Waals surface area contributed by atoms with Crippen LogP contribution in [0.1, 0.15) is 27.4 Å². The minimum Gasteiger partial charge on any atom is -0.496 e. The van der Waals surface area contributed by atoms with Crippen molar-refractivity contribution >= 4 is 22.5 Å². The molecule has 0 spiro atoms. The Morgan fingerprint density at radius 2 is 1.43 bits per heavy atom. The summed E-state index contributed by atoms with van der Waals surface area (Å²) in [6, 6.07) is 15.0. The van der Waals surface area contributed by atoms with Gasteiger partial charge in [0.15, 0.2) is 5.78 Å². The minimum absolute atomic E-state index is 0.271. The molecule has 0 aromatic heterocycles. The Hall–Kier alpha value is -3.54. The molecule has 30 heavy (non-hydrogen) atoms. The van der Waals surface area contributed by atoms with Gasteiger partial charge in [-0.15, -0.1) is 0 Å². The lowest BCUT2D eigenvalue weighted by Gasteiger charge is -2.23. The van der Waals surface area contributed by atoms with E-state index in [4.69, 9.17) is 18.9 Å². The molecular formula is C24H22O6. The molecule has 6 nitrogen and oxygen atoms in total. The van der Waals surface area contributed by atoms with E-state index in [1.165, 1.54) is 21.3 Å². The fraction of sp³-hybridized carbons (Fsp3) is 0.250. The Balaban J connectivity index is 2.04. The lowest BCUT2D eigenvalue weighted by molar-refractivity contribution is -0.143. The number of fused-ring (bicyclic) bond motifs is 2. The highest BCUT2D eigenvalue weighted by Gasteiger charge is 2.48. The van der Waals surface area contributed by atoms with Crippen LogP contribution in [0.2, 0.25) is 0 Å². The number of rotatable bonds is 5. The summed E-state index contributed by atoms with van der Waals surface area (Å²) in [5.41, 5.74) is 1.86. The largest absolute Gasteiger partial charge is 0.496 e. The molecule has 0 radical (unpaired) electrons. The van der Waals surface area contributed by atoms with Crippen LogP contribution in [0.5, 0.6) is 17.2 Å². The van der Waals surface area contributed by atoms with Gasteiger partial charge in [0.1, 0.15) is 23.2 Å². The first-order valence-corrected chi connectivity index (χ1v) is 9.48. The molecule has 0 aliphatic heterocycles. The first-order valence-electron chi connectivity index (χ1n) is 9.48. The summed E-state index contributed by atoms with van der Waals surface area (Å²) in [4.78, 5) is 26.1. The van der Waals surface area contributed by atoms with Crippen molar-refractivity contribution in [3.05, 3.63) is 65.2 Å². The summed E-state index contributed by atoms with van der Waals surface area (Å²) >= 11 is 0. The summed E-state index contributed by atoms with van der Waals surface area (Å²) < 4.78 is 21.6. The number of hydrogen-bond acceptors (Lipinski definition) is 6. The molecule has 4 rings (SSSR count). The standard InChI is InChI=1S/C24H22O6/c1-27-15-11-18(28-2)21(19(12-15)29-3)20-16-9-13-7-5-6-8-14(13)10-17(16)23(25)22(20)24(26)30-4/h5-12,20,22H,1-4H3/t20-,22-/m1/s1. The lowest BCUT2D eigenvalue weighted by Crippen LogP contribution is -2.26. The maximum absolute atomic E-state index is 13.3. The van der Waals surface area contributed by atoms with Gasteiger partial charge in [0.05, 0.1) is 28.4 Å². The van der Waals surface area contributed by atoms with E-state index in [0.717, 1.165) is 16.3 Å². The van der Waals surface area contributed by atoms with Crippen molar-refractivity contribution in [1.29, 1.82) is 0 Å². The molecule has 3 aromatic carbocycles. The molecule has 3 aromatic rings. The minimum atomic E-state index is -1.03. The molecule has 0 unspecified atom stereocenters. The van der Waals surface area contributed by atoms with E-state index < -0.39 is 17.8 Å². The first kappa shape index (κ1) is 19.8. The van der Waals surface area contributed by atoms with Crippen LogP contribution in [-0.2, 0) is 9.53 Å². The fourth-order valence-electron chi connectivity index (χ4n) is 4.26. The number of esters is 1. The third-order valence-electron chi connectivity index (χ3n) is 5.65. The monoisotopic (exact) mass is 406 g/mol. The van der Waals surface area contributed by atoms with Gasteiger partial charge in [0, 0.05) is 29.2 Å². The highest BCUT2D eigenvalue weighted by molar-refractivity contribution is 6.15. The zero-order chi connectivity index (χ0) is 21.4. The van der Waals surface area contributed by atoms with Gasteiger partial charge < -0.3 is 18.9 Å². The Labute approximate surface area is 174 Å². The van der Waals surface area contributed by atoms with E-state index in [2.05, 4.69) is 0 Å². The van der Waals surface area contributed by atoms with Crippen molar-refractivity contribution in [2.75, 3.05) is 28.4 Å². The molecule has 0 N–H and O–H groups in total. The number of ether oxygens (including phenoxy) is 4. The maximum Gasteiger partial charge on any atom is 0.317 e. The van der Waals surface area contributed by atoms with E-state index in [-0.39, 0.29) is 5.78 Å². The van der Waals surface area contributed by atoms with Crippen molar-refractivity contribution in [2.45, 2.75) is 5.92 Å². The zero-order valence-electron chi connectivity index (χ0n) is 17.2. The van der Waals surface area contributed by atoms with Crippen molar-refractivity contribution in [3.8, 4) is 17.2 Å². The predicted octanol–water partition coefficient (Wildman–Crippen LogP) is 3.98. The van der Waals surface area contributed by atoms with Crippen LogP contribution < -0.4 is 14.2 Å². The second-order valence-corrected chi connectivity index (χ2v) is 7.07. The van der Waals surface area contributed by atoms with Crippen molar-refractivity contribution in [1.82, 2.24) is 0 Å². The van der Waals surface area contributed by atoms with Crippen LogP contribution in [-0.4, -0.2) is 40.2 Å². The van der Waals surface area contributed by atoms with Gasteiger partial charge in [-0.3, -0.25) is 9.59 Å². The number of carbonyl (C=O) groups is 2. The topological polar surface area (TPSA) is 71.1 Å². The molecule has 0 bridgehead atoms. The normalized spacial score (nSPS) is 17.5. The molecule has 0 amide bonds. The third-order valence-corrected chi connectivity index (χ3v) is 5.65. The van der Waals surface area contributed by atoms with Crippen LogP contribution in [0.25, 0.3) is 10.8 Å². The molecule has 0 saturated heterocycles. The van der Waals surface area contributed by atoms with Crippen LogP contribution in [0, 0.1) is 5.92 Å². The van der Waals surface area contributed by atoms with Gasteiger partial charge in [-0.1, -0.05) is 24.3 Å². The average Bonchev–Trinajstić information content (AvgIpc) is 3.07. The van der Waals surface area contributed by atoms with Crippen LogP contribution in [0.3, 0.4) is 0 Å². The zero-order valence-corrected chi connectivity index (χ0v) is 17.2. The van der Waals surface area contributed by atoms with E-state index >= 15 is 0 Å². The molecule has 1 aliphatic rings. The molecular weight excluding hydrogens is 384 g/mol. The number of Topliss-reactive ketones (excluding diaryl/α,β-unsaturated/α-hetero) is 1.